The van der Waals surface area contributed by atoms with Crippen LogP contribution in [-0.4, -0.2) is 235 Å². The summed E-state index contributed by atoms with van der Waals surface area (Å²) in [4.78, 5) is 206. The van der Waals surface area contributed by atoms with Crippen LogP contribution in [0.2, 0.25) is 0 Å². The molecule has 27 N–H and O–H groups in total. The summed E-state index contributed by atoms with van der Waals surface area (Å²) in [6, 6.07) is 2.71. The summed E-state index contributed by atoms with van der Waals surface area (Å²) < 4.78 is 0. The minimum Gasteiger partial charge on any atom is -0.508 e. The van der Waals surface area contributed by atoms with Crippen molar-refractivity contribution in [2.24, 2.45) is 34.8 Å². The molecule has 39 heteroatoms. The number of carboxylic acid groups (broad SMARTS) is 1. The van der Waals surface area contributed by atoms with Gasteiger partial charge in [-0.1, -0.05) is 94.4 Å². The third kappa shape index (κ3) is 33.0. The highest BCUT2D eigenvalue weighted by Gasteiger charge is 2.39. The number of carbonyl (C=O) groups excluding carboxylic acids is 14. The Morgan fingerprint density at radius 3 is 1.00 bits per heavy atom. The average molecular weight is 1620 g/mol. The quantitative estimate of drug-likeness (QED) is 0.0145. The molecule has 38 nitrogen and oxygen atoms in total. The van der Waals surface area contributed by atoms with Crippen LogP contribution in [0.3, 0.4) is 0 Å². The fourth-order valence-corrected chi connectivity index (χ4v) is 11.7. The first kappa shape index (κ1) is 94.9. The molecule has 0 spiro atoms. The van der Waals surface area contributed by atoms with E-state index in [1.807, 2.05) is 0 Å². The van der Waals surface area contributed by atoms with E-state index >= 15 is 0 Å². The van der Waals surface area contributed by atoms with E-state index in [1.165, 1.54) is 72.8 Å². The second kappa shape index (κ2) is 47.8. The van der Waals surface area contributed by atoms with E-state index in [2.05, 4.69) is 76.4 Å². The molecule has 0 aromatic heterocycles. The number of hydrogen-bond donors (Lipinski definition) is 24. The zero-order valence-corrected chi connectivity index (χ0v) is 64.6. The molecule has 0 aliphatic heterocycles. The van der Waals surface area contributed by atoms with Crippen molar-refractivity contribution >= 4 is 101 Å². The van der Waals surface area contributed by atoms with Gasteiger partial charge in [0.25, 0.3) is 0 Å². The number of aliphatic hydroxyl groups is 3. The molecule has 0 saturated heterocycles. The van der Waals surface area contributed by atoms with E-state index < -0.39 is 212 Å². The van der Waals surface area contributed by atoms with Crippen molar-refractivity contribution in [1.82, 2.24) is 63.8 Å². The van der Waals surface area contributed by atoms with Gasteiger partial charge in [-0.3, -0.25) is 67.1 Å². The molecule has 114 heavy (non-hydrogen) atoms. The lowest BCUT2D eigenvalue weighted by atomic mass is 9.99. The van der Waals surface area contributed by atoms with Gasteiger partial charge in [0.05, 0.1) is 38.2 Å². The van der Waals surface area contributed by atoms with Gasteiger partial charge < -0.3 is 122 Å². The van der Waals surface area contributed by atoms with Gasteiger partial charge in [0, 0.05) is 31.4 Å². The number of unbranched alkanes of at least 4 members (excludes halogenated alkanes) is 1. The van der Waals surface area contributed by atoms with Gasteiger partial charge in [-0.2, -0.15) is 12.6 Å². The number of thiol groups is 1. The maximum absolute atomic E-state index is 14.8. The molecule has 14 amide bonds. The predicted molar refractivity (Wildman–Crippen MR) is 414 cm³/mol. The fourth-order valence-electron chi connectivity index (χ4n) is 11.4. The number of amides is 14. The Kier molecular flexibility index (Phi) is 39.7. The van der Waals surface area contributed by atoms with E-state index in [-0.39, 0.29) is 86.1 Å². The van der Waals surface area contributed by atoms with Gasteiger partial charge in [-0.05, 0) is 116 Å². The highest BCUT2D eigenvalue weighted by molar-refractivity contribution is 7.80. The van der Waals surface area contributed by atoms with Crippen LogP contribution in [0.15, 0.2) is 103 Å². The maximum atomic E-state index is 14.8. The van der Waals surface area contributed by atoms with Crippen LogP contribution in [0.4, 0.5) is 0 Å². The molecule has 4 aromatic rings. The van der Waals surface area contributed by atoms with Crippen molar-refractivity contribution < 1.29 is 108 Å². The Hall–Kier alpha value is -11.5. The van der Waals surface area contributed by atoms with Crippen molar-refractivity contribution in [2.75, 3.05) is 25.5 Å². The fraction of sp³-hybridized carbons (Fsp3) is 0.480. The average Bonchev–Trinajstić information content (AvgIpc) is 0.858. The molecule has 0 heterocycles. The zero-order chi connectivity index (χ0) is 85.1. The number of hydrogen-bond acceptors (Lipinski definition) is 24. The Bertz CT molecular complexity index is 3920. The van der Waals surface area contributed by atoms with Crippen molar-refractivity contribution in [2.45, 2.75) is 190 Å². The van der Waals surface area contributed by atoms with E-state index in [0.717, 1.165) is 6.92 Å². The first-order valence-corrected chi connectivity index (χ1v) is 37.3. The van der Waals surface area contributed by atoms with Crippen LogP contribution in [0.25, 0.3) is 0 Å². The molecule has 4 aromatic carbocycles. The summed E-state index contributed by atoms with van der Waals surface area (Å²) in [7, 11) is 0. The molecule has 14 atom stereocenters. The zero-order valence-electron chi connectivity index (χ0n) is 63.7. The molecule has 0 aliphatic rings. The van der Waals surface area contributed by atoms with Gasteiger partial charge >= 0.3 is 5.97 Å². The van der Waals surface area contributed by atoms with E-state index in [1.54, 1.807) is 58.0 Å². The van der Waals surface area contributed by atoms with Crippen LogP contribution in [0.1, 0.15) is 102 Å². The lowest BCUT2D eigenvalue weighted by Crippen LogP contribution is -2.62. The van der Waals surface area contributed by atoms with Gasteiger partial charge in [-0.15, -0.1) is 0 Å². The number of rotatable bonds is 49. The molecular weight excluding hydrogens is 1510 g/mol. The lowest BCUT2D eigenvalue weighted by Gasteiger charge is -2.28. The van der Waals surface area contributed by atoms with Crippen LogP contribution in [0.5, 0.6) is 17.2 Å². The maximum Gasteiger partial charge on any atom is 0.328 e. The number of phenols is 3. The Labute approximate surface area is 662 Å². The number of aromatic hydroxyl groups is 3. The number of aliphatic hydroxyl groups excluding tert-OH is 3. The number of carboxylic acids is 1. The molecular formula is C75H106N16O22S. The highest BCUT2D eigenvalue weighted by atomic mass is 32.1. The van der Waals surface area contributed by atoms with Gasteiger partial charge in [0.2, 0.25) is 82.7 Å². The summed E-state index contributed by atoms with van der Waals surface area (Å²) >= 11 is 4.30. The monoisotopic (exact) mass is 1610 g/mol. The van der Waals surface area contributed by atoms with Gasteiger partial charge in [0.1, 0.15) is 83.7 Å². The largest absolute Gasteiger partial charge is 0.508 e. The number of aliphatic carboxylic acids is 1. The SMILES string of the molecule is CC(C)C[C@H](NC(=O)[C@H](Cc1ccc(O)cc1)NC(=O)[C@H](CS)NC(=O)[C@H](Cc1ccc(O)cc1)NC(=O)[C@@H](N)CC(N)=O)C(=O)N[C@@H](Cc1ccccc1)C(=O)N[C@@H](CO)C(=O)N[C@@H](Cc1ccc(O)cc1)C(=O)N[C@@H](CO)C(=O)N[C@@H](CC(N)=O)C(=O)N[C@@H](CCCCN)C(=O)N[C@@H](CC(C)C)C(=O)N[C@H](C(=O)O)[C@@H](C)O. The summed E-state index contributed by atoms with van der Waals surface area (Å²) in [6.45, 7) is 5.67. The molecule has 0 radical (unpaired) electrons. The smallest absolute Gasteiger partial charge is 0.328 e. The van der Waals surface area contributed by atoms with Gasteiger partial charge in [0.15, 0.2) is 6.04 Å². The second-order valence-electron chi connectivity index (χ2n) is 28.1. The lowest BCUT2D eigenvalue weighted by molar-refractivity contribution is -0.145. The summed E-state index contributed by atoms with van der Waals surface area (Å²) in [5.41, 5.74) is 23.8. The van der Waals surface area contributed by atoms with Crippen molar-refractivity contribution in [3.8, 4) is 17.2 Å². The number of phenolic OH excluding ortho intramolecular Hbond substituents is 3. The second-order valence-corrected chi connectivity index (χ2v) is 28.4. The topological polar surface area (TPSA) is 646 Å². The highest BCUT2D eigenvalue weighted by Crippen LogP contribution is 2.18. The summed E-state index contributed by atoms with van der Waals surface area (Å²) in [5, 5.41) is 100. The standard InChI is InChI=1S/C75H106N16O22S/c1-38(2)27-50(83-66(103)54(31-43-16-22-46(96)23-17-43)86-74(111)59(37-114)90-69(106)52(30-42-14-20-45(95)21-15-42)81-63(100)48(77)33-60(78)98)65(102)84-53(29-41-11-7-6-8-12-41)67(104)88-57(35-92)72(109)85-55(32-44-18-24-47(97)25-19-44)68(105)89-58(36-93)73(110)87-56(34-61(79)99)70(107)80-49(13-9-10-26-76)64(101)82-51(28-39(3)4)71(108)91-62(40(5)94)75(112)113/h6-8,11-12,14-25,38-40,48-59,62,92-97,114H,9-10,13,26-37,76-77H2,1-5H3,(H2,78,98)(H2,79,99)(H,80,107)(H,81,100)(H,82,101)(H,83,103)(H,84,102)(H,85,109)(H,86,111)(H,87,110)(H,88,104)(H,89,105)(H,90,106)(H,91,108)(H,112,113)/t40-,48+,49+,50+,51+,52+,53+,54+,55+,56+,57+,58+,59+,62+/m1/s1. The van der Waals surface area contributed by atoms with E-state index in [9.17, 15) is 108 Å². The molecule has 0 unspecified atom stereocenters. The molecule has 624 valence electrons. The first-order valence-electron chi connectivity index (χ1n) is 36.6. The van der Waals surface area contributed by atoms with Crippen LogP contribution in [-0.2, 0) is 97.6 Å². The minimum atomic E-state index is -2.01. The minimum absolute atomic E-state index is 0.0557. The number of nitrogens with two attached hydrogens (primary N) is 4. The van der Waals surface area contributed by atoms with Crippen LogP contribution >= 0.6 is 12.6 Å². The predicted octanol–water partition coefficient (Wildman–Crippen LogP) is -5.43. The third-order valence-corrected chi connectivity index (χ3v) is 17.9. The Morgan fingerprint density at radius 2 is 0.658 bits per heavy atom. The number of primary amides is 2. The van der Waals surface area contributed by atoms with Crippen molar-refractivity contribution in [3.05, 3.63) is 125 Å². The third-order valence-electron chi connectivity index (χ3n) is 17.5. The van der Waals surface area contributed by atoms with Crippen LogP contribution < -0.4 is 86.7 Å². The van der Waals surface area contributed by atoms with Gasteiger partial charge in [-0.25, -0.2) is 4.79 Å². The summed E-state index contributed by atoms with van der Waals surface area (Å²) in [6.07, 6.45) is -4.19. The van der Waals surface area contributed by atoms with Crippen molar-refractivity contribution in [3.63, 3.8) is 0 Å². The first-order chi connectivity index (χ1) is 53.8. The van der Waals surface area contributed by atoms with E-state index in [4.69, 9.17) is 22.9 Å². The Balaban J connectivity index is 1.63. The number of carbonyl (C=O) groups is 15. The normalized spacial score (nSPS) is 14.9. The number of benzene rings is 4. The Morgan fingerprint density at radius 1 is 0.368 bits per heavy atom. The molecule has 0 fully saturated rings. The molecule has 0 aliphatic carbocycles. The molecule has 0 bridgehead atoms. The summed E-state index contributed by atoms with van der Waals surface area (Å²) in [5.74, 6) is -18.1. The van der Waals surface area contributed by atoms with Crippen molar-refractivity contribution in [1.29, 1.82) is 0 Å². The number of nitrogens with one attached hydrogen (secondary N) is 12. The molecule has 4 rings (SSSR count). The van der Waals surface area contributed by atoms with Crippen LogP contribution in [0, 0.1) is 11.8 Å². The van der Waals surface area contributed by atoms with E-state index in [0.29, 0.717) is 23.1 Å². The molecule has 0 saturated carbocycles.